The highest BCUT2D eigenvalue weighted by molar-refractivity contribution is 6.01. The van der Waals surface area contributed by atoms with Crippen LogP contribution < -0.4 is 5.32 Å². The fourth-order valence-corrected chi connectivity index (χ4v) is 2.37. The zero-order valence-corrected chi connectivity index (χ0v) is 13.9. The van der Waals surface area contributed by atoms with Crippen LogP contribution in [-0.2, 0) is 11.3 Å². The van der Waals surface area contributed by atoms with E-state index in [4.69, 9.17) is 9.15 Å². The van der Waals surface area contributed by atoms with E-state index < -0.39 is 0 Å². The number of ether oxygens (including phenoxy) is 1. The van der Waals surface area contributed by atoms with E-state index in [9.17, 15) is 4.79 Å². The van der Waals surface area contributed by atoms with Crippen LogP contribution in [0.5, 0.6) is 0 Å². The second kappa shape index (κ2) is 6.72. The summed E-state index contributed by atoms with van der Waals surface area (Å²) in [5.74, 6) is 1.10. The van der Waals surface area contributed by atoms with E-state index >= 15 is 0 Å². The number of amides is 1. The zero-order chi connectivity index (χ0) is 17.1. The van der Waals surface area contributed by atoms with Crippen LogP contribution in [0.3, 0.4) is 0 Å². The third-order valence-corrected chi connectivity index (χ3v) is 3.52. The monoisotopic (exact) mass is 325 g/mol. The molecule has 2 aromatic heterocycles. The van der Waals surface area contributed by atoms with Gasteiger partial charge in [0.25, 0.3) is 5.91 Å². The molecule has 1 N–H and O–H groups in total. The average Bonchev–Trinajstić information content (AvgIpc) is 3.15. The van der Waals surface area contributed by atoms with Crippen molar-refractivity contribution in [3.05, 3.63) is 65.2 Å². The largest absolute Gasteiger partial charge is 0.453 e. The average molecular weight is 325 g/mol. The van der Waals surface area contributed by atoms with Gasteiger partial charge in [-0.05, 0) is 38.1 Å². The molecule has 0 fully saturated rings. The summed E-state index contributed by atoms with van der Waals surface area (Å²) in [6.07, 6.45) is 0. The maximum Gasteiger partial charge on any atom is 0.292 e. The van der Waals surface area contributed by atoms with Gasteiger partial charge in [-0.3, -0.25) is 4.79 Å². The smallest absolute Gasteiger partial charge is 0.292 e. The molecular weight excluding hydrogens is 306 g/mol. The third kappa shape index (κ3) is 3.38. The molecule has 24 heavy (non-hydrogen) atoms. The number of carbonyl (C=O) groups is 1. The SMILES string of the molecule is COCc1ccc(C(=O)Nc2cc(C)nn2-c2ccc(C)cc2)o1. The first kappa shape index (κ1) is 16.0. The number of rotatable bonds is 5. The number of benzene rings is 1. The number of carbonyl (C=O) groups excluding carboxylic acids is 1. The highest BCUT2D eigenvalue weighted by Crippen LogP contribution is 2.19. The molecule has 0 saturated heterocycles. The molecule has 124 valence electrons. The first-order valence-electron chi connectivity index (χ1n) is 7.59. The predicted molar refractivity (Wildman–Crippen MR) is 90.4 cm³/mol. The molecule has 6 nitrogen and oxygen atoms in total. The van der Waals surface area contributed by atoms with Crippen molar-refractivity contribution in [1.29, 1.82) is 0 Å². The first-order chi connectivity index (χ1) is 11.6. The minimum absolute atomic E-state index is 0.233. The number of aryl methyl sites for hydroxylation is 2. The van der Waals surface area contributed by atoms with Gasteiger partial charge in [0.1, 0.15) is 18.2 Å². The normalized spacial score (nSPS) is 10.8. The summed E-state index contributed by atoms with van der Waals surface area (Å²) in [6.45, 7) is 4.23. The Labute approximate surface area is 140 Å². The van der Waals surface area contributed by atoms with E-state index in [0.29, 0.717) is 18.2 Å². The van der Waals surface area contributed by atoms with Crippen molar-refractivity contribution in [1.82, 2.24) is 9.78 Å². The van der Waals surface area contributed by atoms with Gasteiger partial charge < -0.3 is 14.5 Å². The summed E-state index contributed by atoms with van der Waals surface area (Å²) >= 11 is 0. The van der Waals surface area contributed by atoms with Crippen LogP contribution >= 0.6 is 0 Å². The van der Waals surface area contributed by atoms with Crippen molar-refractivity contribution in [2.75, 3.05) is 12.4 Å². The lowest BCUT2D eigenvalue weighted by atomic mass is 10.2. The van der Waals surface area contributed by atoms with Crippen LogP contribution in [0.15, 0.2) is 46.9 Å². The summed E-state index contributed by atoms with van der Waals surface area (Å²) in [5, 5.41) is 7.29. The van der Waals surface area contributed by atoms with E-state index in [0.717, 1.165) is 16.9 Å². The van der Waals surface area contributed by atoms with Gasteiger partial charge in [0.05, 0.1) is 11.4 Å². The predicted octanol–water partition coefficient (Wildman–Crippen LogP) is 3.48. The molecule has 1 amide bonds. The number of hydrogen-bond donors (Lipinski definition) is 1. The van der Waals surface area contributed by atoms with Crippen molar-refractivity contribution >= 4 is 11.7 Å². The van der Waals surface area contributed by atoms with Gasteiger partial charge in [0.2, 0.25) is 0 Å². The summed E-state index contributed by atoms with van der Waals surface area (Å²) in [5.41, 5.74) is 2.85. The van der Waals surface area contributed by atoms with Gasteiger partial charge in [-0.2, -0.15) is 5.10 Å². The molecule has 6 heteroatoms. The number of hydrogen-bond acceptors (Lipinski definition) is 4. The number of nitrogens with one attached hydrogen (secondary N) is 1. The second-order valence-corrected chi connectivity index (χ2v) is 5.57. The first-order valence-corrected chi connectivity index (χ1v) is 7.59. The molecule has 3 aromatic rings. The second-order valence-electron chi connectivity index (χ2n) is 5.57. The van der Waals surface area contributed by atoms with E-state index in [1.165, 1.54) is 0 Å². The number of methoxy groups -OCH3 is 1. The van der Waals surface area contributed by atoms with Crippen molar-refractivity contribution < 1.29 is 13.9 Å². The molecule has 0 aliphatic rings. The standard InChI is InChI=1S/C18H19N3O3/c1-12-4-6-14(7-5-12)21-17(10-13(2)20-21)19-18(22)16-9-8-15(24-16)11-23-3/h4-10H,11H2,1-3H3,(H,19,22). The molecule has 0 radical (unpaired) electrons. The molecule has 0 unspecified atom stereocenters. The number of nitrogens with zero attached hydrogens (tertiary/aromatic N) is 2. The van der Waals surface area contributed by atoms with E-state index in [2.05, 4.69) is 10.4 Å². The lowest BCUT2D eigenvalue weighted by Crippen LogP contribution is -2.14. The van der Waals surface area contributed by atoms with Gasteiger partial charge in [-0.1, -0.05) is 17.7 Å². The Morgan fingerprint density at radius 3 is 2.67 bits per heavy atom. The summed E-state index contributed by atoms with van der Waals surface area (Å²) in [4.78, 5) is 12.4. The van der Waals surface area contributed by atoms with Crippen molar-refractivity contribution in [2.24, 2.45) is 0 Å². The van der Waals surface area contributed by atoms with E-state index in [1.807, 2.05) is 44.2 Å². The van der Waals surface area contributed by atoms with Gasteiger partial charge in [-0.25, -0.2) is 4.68 Å². The molecule has 2 heterocycles. The van der Waals surface area contributed by atoms with Crippen LogP contribution in [-0.4, -0.2) is 22.8 Å². The van der Waals surface area contributed by atoms with Crippen LogP contribution in [0.4, 0.5) is 5.82 Å². The minimum Gasteiger partial charge on any atom is -0.453 e. The Morgan fingerprint density at radius 1 is 1.21 bits per heavy atom. The Hall–Kier alpha value is -2.86. The highest BCUT2D eigenvalue weighted by atomic mass is 16.5. The molecule has 0 saturated carbocycles. The van der Waals surface area contributed by atoms with Crippen LogP contribution in [0.1, 0.15) is 27.6 Å². The van der Waals surface area contributed by atoms with Gasteiger partial charge in [-0.15, -0.1) is 0 Å². The van der Waals surface area contributed by atoms with Gasteiger partial charge >= 0.3 is 0 Å². The quantitative estimate of drug-likeness (QED) is 0.780. The van der Waals surface area contributed by atoms with E-state index in [-0.39, 0.29) is 11.7 Å². The molecule has 0 aliphatic carbocycles. The molecule has 0 aliphatic heterocycles. The molecule has 0 spiro atoms. The zero-order valence-electron chi connectivity index (χ0n) is 13.9. The Kier molecular flexibility index (Phi) is 4.48. The maximum atomic E-state index is 12.4. The lowest BCUT2D eigenvalue weighted by Gasteiger charge is -2.08. The maximum absolute atomic E-state index is 12.4. The number of aromatic nitrogens is 2. The highest BCUT2D eigenvalue weighted by Gasteiger charge is 2.15. The Morgan fingerprint density at radius 2 is 1.96 bits per heavy atom. The van der Waals surface area contributed by atoms with E-state index in [1.54, 1.807) is 23.9 Å². The van der Waals surface area contributed by atoms with Crippen molar-refractivity contribution in [3.8, 4) is 5.69 Å². The summed E-state index contributed by atoms with van der Waals surface area (Å²) in [7, 11) is 1.57. The summed E-state index contributed by atoms with van der Waals surface area (Å²) < 4.78 is 12.1. The fourth-order valence-electron chi connectivity index (χ4n) is 2.37. The van der Waals surface area contributed by atoms with Gasteiger partial charge in [0, 0.05) is 13.2 Å². The van der Waals surface area contributed by atoms with Crippen LogP contribution in [0.25, 0.3) is 5.69 Å². The Bertz CT molecular complexity index is 847. The fraction of sp³-hybridized carbons (Fsp3) is 0.222. The topological polar surface area (TPSA) is 69.3 Å². The lowest BCUT2D eigenvalue weighted by molar-refractivity contribution is 0.0987. The van der Waals surface area contributed by atoms with Crippen LogP contribution in [0.2, 0.25) is 0 Å². The number of anilines is 1. The van der Waals surface area contributed by atoms with Gasteiger partial charge in [0.15, 0.2) is 5.76 Å². The van der Waals surface area contributed by atoms with Crippen molar-refractivity contribution in [2.45, 2.75) is 20.5 Å². The molecule has 3 rings (SSSR count). The van der Waals surface area contributed by atoms with Crippen molar-refractivity contribution in [3.63, 3.8) is 0 Å². The Balaban J connectivity index is 1.84. The van der Waals surface area contributed by atoms with Crippen LogP contribution in [0, 0.1) is 13.8 Å². The molecular formula is C18H19N3O3. The third-order valence-electron chi connectivity index (χ3n) is 3.52. The molecule has 0 atom stereocenters. The minimum atomic E-state index is -0.328. The number of furan rings is 1. The molecule has 1 aromatic carbocycles. The summed E-state index contributed by atoms with van der Waals surface area (Å²) in [6, 6.07) is 13.1. The molecule has 0 bridgehead atoms.